The molecule has 1 aromatic carbocycles. The van der Waals surface area contributed by atoms with Crippen LogP contribution in [0.5, 0.6) is 0 Å². The fourth-order valence-electron chi connectivity index (χ4n) is 5.75. The summed E-state index contributed by atoms with van der Waals surface area (Å²) in [7, 11) is 0. The molecule has 4 aromatic rings. The molecule has 1 aliphatic heterocycles. The molecule has 0 atom stereocenters. The third kappa shape index (κ3) is 5.96. The fraction of sp³-hybridized carbons (Fsp3) is 0.375. The average Bonchev–Trinajstić information content (AvgIpc) is 3.45. The van der Waals surface area contributed by atoms with Crippen molar-refractivity contribution in [2.75, 3.05) is 41.7 Å². The fourth-order valence-corrected chi connectivity index (χ4v) is 6.90. The summed E-state index contributed by atoms with van der Waals surface area (Å²) in [4.78, 5) is 37.3. The summed E-state index contributed by atoms with van der Waals surface area (Å²) in [6.45, 7) is 10.4. The van der Waals surface area contributed by atoms with Crippen LogP contribution in [0.4, 0.5) is 22.9 Å². The summed E-state index contributed by atoms with van der Waals surface area (Å²) in [6, 6.07) is 14.0. The van der Waals surface area contributed by atoms with E-state index in [-0.39, 0.29) is 11.5 Å². The molecule has 0 spiro atoms. The molecule has 0 bridgehead atoms. The Bertz CT molecular complexity index is 1610. The van der Waals surface area contributed by atoms with Crippen molar-refractivity contribution in [3.63, 3.8) is 0 Å². The van der Waals surface area contributed by atoms with Crippen molar-refractivity contribution in [3.8, 4) is 11.3 Å². The summed E-state index contributed by atoms with van der Waals surface area (Å²) < 4.78 is 0. The van der Waals surface area contributed by atoms with Gasteiger partial charge in [0.05, 0.1) is 22.5 Å². The van der Waals surface area contributed by atoms with E-state index >= 15 is 0 Å². The standard InChI is InChI=1S/C32H37N7O2S/c1-20(2)38-13-15-39(16-14-38)23-11-12-30(33-19-23)34-27-18-26(36-37-31(27)40)24-8-6-9-25(21(24)3)35-32(41)29-17-22-7-4-5-10-28(22)42-29/h6,8-9,11-12,17-20H,4-5,7,10,13-16H2,1-3H3,(H,35,41)(H,37,40)(H,33,34,36). The molecule has 0 saturated carbocycles. The molecule has 3 N–H and O–H groups in total. The summed E-state index contributed by atoms with van der Waals surface area (Å²) >= 11 is 1.60. The first-order chi connectivity index (χ1) is 20.4. The number of fused-ring (bicyclic) bond motifs is 1. The Balaban J connectivity index is 1.16. The molecule has 1 saturated heterocycles. The van der Waals surface area contributed by atoms with Crippen molar-refractivity contribution in [1.29, 1.82) is 0 Å². The lowest BCUT2D eigenvalue weighted by atomic mass is 9.99. The van der Waals surface area contributed by atoms with E-state index in [1.807, 2.05) is 49.5 Å². The number of carbonyl (C=O) groups is 1. The van der Waals surface area contributed by atoms with Crippen LogP contribution >= 0.6 is 11.3 Å². The topological polar surface area (TPSA) is 106 Å². The summed E-state index contributed by atoms with van der Waals surface area (Å²) in [5.41, 5.74) is 5.41. The Labute approximate surface area is 250 Å². The number of aryl methyl sites for hydroxylation is 2. The Morgan fingerprint density at radius 1 is 1.02 bits per heavy atom. The second-order valence-electron chi connectivity index (χ2n) is 11.3. The predicted octanol–water partition coefficient (Wildman–Crippen LogP) is 5.61. The van der Waals surface area contributed by atoms with Crippen LogP contribution in [-0.2, 0) is 12.8 Å². The van der Waals surface area contributed by atoms with Crippen molar-refractivity contribution in [2.45, 2.75) is 52.5 Å². The molecular formula is C32H37N7O2S. The van der Waals surface area contributed by atoms with Gasteiger partial charge in [0.2, 0.25) is 0 Å². The van der Waals surface area contributed by atoms with E-state index in [9.17, 15) is 9.59 Å². The van der Waals surface area contributed by atoms with Gasteiger partial charge in [-0.05, 0) is 87.9 Å². The average molecular weight is 584 g/mol. The zero-order chi connectivity index (χ0) is 29.2. The molecule has 9 nitrogen and oxygen atoms in total. The number of hydrogen-bond donors (Lipinski definition) is 3. The summed E-state index contributed by atoms with van der Waals surface area (Å²) in [5.74, 6) is 0.487. The summed E-state index contributed by atoms with van der Waals surface area (Å²) in [5, 5.41) is 13.2. The number of aromatic nitrogens is 3. The van der Waals surface area contributed by atoms with Crippen LogP contribution in [0.25, 0.3) is 11.3 Å². The van der Waals surface area contributed by atoms with Crippen molar-refractivity contribution >= 4 is 40.1 Å². The third-order valence-corrected chi connectivity index (χ3v) is 9.54. The maximum absolute atomic E-state index is 13.1. The van der Waals surface area contributed by atoms with Crippen LogP contribution in [0.15, 0.2) is 53.5 Å². The molecule has 2 aliphatic rings. The third-order valence-electron chi connectivity index (χ3n) is 8.30. The monoisotopic (exact) mass is 583 g/mol. The van der Waals surface area contributed by atoms with Gasteiger partial charge in [0, 0.05) is 48.3 Å². The maximum Gasteiger partial charge on any atom is 0.287 e. The van der Waals surface area contributed by atoms with E-state index in [1.165, 1.54) is 23.3 Å². The lowest BCUT2D eigenvalue weighted by molar-refractivity contribution is 0.103. The maximum atomic E-state index is 13.1. The predicted molar refractivity (Wildman–Crippen MR) is 170 cm³/mol. The van der Waals surface area contributed by atoms with Crippen LogP contribution in [0.2, 0.25) is 0 Å². The van der Waals surface area contributed by atoms with Crippen molar-refractivity contribution in [3.05, 3.63) is 79.9 Å². The van der Waals surface area contributed by atoms with Crippen molar-refractivity contribution < 1.29 is 4.79 Å². The highest BCUT2D eigenvalue weighted by atomic mass is 32.1. The molecule has 0 radical (unpaired) electrons. The van der Waals surface area contributed by atoms with Crippen LogP contribution in [0.3, 0.4) is 0 Å². The van der Waals surface area contributed by atoms with Gasteiger partial charge in [0.25, 0.3) is 11.5 Å². The zero-order valence-electron chi connectivity index (χ0n) is 24.4. The minimum absolute atomic E-state index is 0.0947. The molecule has 218 valence electrons. The van der Waals surface area contributed by atoms with Gasteiger partial charge in [-0.3, -0.25) is 14.5 Å². The largest absolute Gasteiger partial charge is 0.368 e. The Morgan fingerprint density at radius 3 is 2.57 bits per heavy atom. The number of thiophene rings is 1. The van der Waals surface area contributed by atoms with Gasteiger partial charge in [0.1, 0.15) is 11.5 Å². The minimum atomic E-state index is -0.335. The number of carbonyl (C=O) groups excluding carboxylic acids is 1. The van der Waals surface area contributed by atoms with Gasteiger partial charge in [0.15, 0.2) is 0 Å². The number of benzene rings is 1. The van der Waals surface area contributed by atoms with E-state index in [0.717, 1.165) is 66.4 Å². The van der Waals surface area contributed by atoms with Gasteiger partial charge >= 0.3 is 0 Å². The van der Waals surface area contributed by atoms with Gasteiger partial charge in [-0.1, -0.05) is 12.1 Å². The number of nitrogens with zero attached hydrogens (tertiary/aromatic N) is 4. The first kappa shape index (κ1) is 28.1. The number of hydrogen-bond acceptors (Lipinski definition) is 8. The number of piperazine rings is 1. The molecular weight excluding hydrogens is 546 g/mol. The number of nitrogens with one attached hydrogen (secondary N) is 3. The highest BCUT2D eigenvalue weighted by Crippen LogP contribution is 2.32. The molecule has 3 aromatic heterocycles. The smallest absolute Gasteiger partial charge is 0.287 e. The number of aromatic amines is 1. The number of anilines is 4. The number of H-pyrrole nitrogens is 1. The second-order valence-corrected chi connectivity index (χ2v) is 12.5. The molecule has 42 heavy (non-hydrogen) atoms. The zero-order valence-corrected chi connectivity index (χ0v) is 25.2. The Kier molecular flexibility index (Phi) is 8.08. The van der Waals surface area contributed by atoms with E-state index < -0.39 is 0 Å². The van der Waals surface area contributed by atoms with Gasteiger partial charge in [-0.25, -0.2) is 10.1 Å². The first-order valence-corrected chi connectivity index (χ1v) is 15.5. The molecule has 6 rings (SSSR count). The Morgan fingerprint density at radius 2 is 1.83 bits per heavy atom. The Hall–Kier alpha value is -4.02. The van der Waals surface area contributed by atoms with Gasteiger partial charge < -0.3 is 15.5 Å². The lowest BCUT2D eigenvalue weighted by Crippen LogP contribution is -2.48. The normalized spacial score (nSPS) is 15.5. The molecule has 1 amide bonds. The van der Waals surface area contributed by atoms with Crippen LogP contribution < -0.4 is 21.1 Å². The first-order valence-electron chi connectivity index (χ1n) is 14.7. The van der Waals surface area contributed by atoms with Crippen LogP contribution in [0, 0.1) is 6.92 Å². The van der Waals surface area contributed by atoms with Crippen LogP contribution in [-0.4, -0.2) is 58.2 Å². The van der Waals surface area contributed by atoms with Crippen molar-refractivity contribution in [2.24, 2.45) is 0 Å². The minimum Gasteiger partial charge on any atom is -0.368 e. The quantitative estimate of drug-likeness (QED) is 0.260. The molecule has 1 aliphatic carbocycles. The molecule has 10 heteroatoms. The lowest BCUT2D eigenvalue weighted by Gasteiger charge is -2.38. The second kappa shape index (κ2) is 12.1. The van der Waals surface area contributed by atoms with E-state index in [2.05, 4.69) is 49.5 Å². The van der Waals surface area contributed by atoms with E-state index in [4.69, 9.17) is 0 Å². The van der Waals surface area contributed by atoms with E-state index in [0.29, 0.717) is 23.2 Å². The van der Waals surface area contributed by atoms with Crippen LogP contribution in [0.1, 0.15) is 52.4 Å². The van der Waals surface area contributed by atoms with Gasteiger partial charge in [-0.2, -0.15) is 5.10 Å². The number of amides is 1. The highest BCUT2D eigenvalue weighted by molar-refractivity contribution is 7.14. The van der Waals surface area contributed by atoms with Gasteiger partial charge in [-0.15, -0.1) is 11.3 Å². The SMILES string of the molecule is Cc1c(NC(=O)c2cc3c(s2)CCCC3)cccc1-c1cc(Nc2ccc(N3CCN(C(C)C)CC3)cn2)c(=O)[nH]n1. The number of pyridine rings is 1. The highest BCUT2D eigenvalue weighted by Gasteiger charge is 2.20. The molecule has 4 heterocycles. The summed E-state index contributed by atoms with van der Waals surface area (Å²) in [6.07, 6.45) is 6.34. The molecule has 1 fully saturated rings. The number of rotatable bonds is 7. The van der Waals surface area contributed by atoms with Crippen molar-refractivity contribution in [1.82, 2.24) is 20.1 Å². The van der Waals surface area contributed by atoms with E-state index in [1.54, 1.807) is 17.4 Å². The molecule has 0 unspecified atom stereocenters.